The van der Waals surface area contributed by atoms with Gasteiger partial charge in [0.05, 0.1) is 7.11 Å². The van der Waals surface area contributed by atoms with Gasteiger partial charge in [-0.25, -0.2) is 9.59 Å². The molecule has 1 rings (SSSR count). The first-order chi connectivity index (χ1) is 8.31. The largest absolute Gasteiger partial charge is 0.453 e. The third kappa shape index (κ3) is 4.81. The molecule has 0 radical (unpaired) electrons. The Morgan fingerprint density at radius 2 is 2.06 bits per heavy atom. The molecule has 1 N–H and O–H groups in total. The zero-order chi connectivity index (χ0) is 13.8. The van der Waals surface area contributed by atoms with E-state index in [0.717, 1.165) is 6.42 Å². The Kier molecular flexibility index (Phi) is 4.81. The average Bonchev–Trinajstić information content (AvgIpc) is 2.71. The minimum Gasteiger partial charge on any atom is -0.453 e. The Balaban J connectivity index is 2.26. The van der Waals surface area contributed by atoms with Gasteiger partial charge in [0.25, 0.3) is 0 Å². The predicted octanol–water partition coefficient (Wildman–Crippen LogP) is 1.60. The number of hydrogen-bond donors (Lipinski definition) is 1. The van der Waals surface area contributed by atoms with Crippen LogP contribution in [0.25, 0.3) is 0 Å². The molecule has 1 aliphatic rings. The molecule has 1 aliphatic heterocycles. The van der Waals surface area contributed by atoms with Gasteiger partial charge < -0.3 is 19.7 Å². The van der Waals surface area contributed by atoms with Gasteiger partial charge in [-0.15, -0.1) is 0 Å². The molecular weight excluding hydrogens is 236 g/mol. The number of carbonyl (C=O) groups excluding carboxylic acids is 2. The fourth-order valence-electron chi connectivity index (χ4n) is 1.84. The van der Waals surface area contributed by atoms with Crippen molar-refractivity contribution in [3.05, 3.63) is 0 Å². The molecule has 0 aliphatic carbocycles. The zero-order valence-electron chi connectivity index (χ0n) is 11.5. The van der Waals surface area contributed by atoms with Crippen LogP contribution in [0.3, 0.4) is 0 Å². The van der Waals surface area contributed by atoms with E-state index in [-0.39, 0.29) is 12.0 Å². The number of nitrogens with zero attached hydrogens (tertiary/aromatic N) is 1. The van der Waals surface area contributed by atoms with Crippen molar-refractivity contribution in [1.82, 2.24) is 10.2 Å². The third-order valence-electron chi connectivity index (χ3n) is 2.65. The van der Waals surface area contributed by atoms with E-state index < -0.39 is 11.7 Å². The Bertz CT molecular complexity index is 312. The van der Waals surface area contributed by atoms with Crippen molar-refractivity contribution in [2.24, 2.45) is 5.92 Å². The second-order valence-corrected chi connectivity index (χ2v) is 5.45. The smallest absolute Gasteiger partial charge is 0.409 e. The highest BCUT2D eigenvalue weighted by Gasteiger charge is 2.27. The molecule has 0 aromatic rings. The van der Waals surface area contributed by atoms with Crippen LogP contribution in [-0.2, 0) is 9.47 Å². The normalized spacial score (nSPS) is 19.6. The van der Waals surface area contributed by atoms with Gasteiger partial charge >= 0.3 is 12.2 Å². The quantitative estimate of drug-likeness (QED) is 0.817. The molecule has 0 saturated carbocycles. The van der Waals surface area contributed by atoms with Crippen LogP contribution in [0.5, 0.6) is 0 Å². The van der Waals surface area contributed by atoms with Crippen molar-refractivity contribution < 1.29 is 19.1 Å². The van der Waals surface area contributed by atoms with Crippen LogP contribution >= 0.6 is 0 Å². The van der Waals surface area contributed by atoms with Crippen molar-refractivity contribution in [2.45, 2.75) is 32.8 Å². The molecule has 1 saturated heterocycles. The Morgan fingerprint density at radius 1 is 1.39 bits per heavy atom. The number of methoxy groups -OCH3 is 1. The summed E-state index contributed by atoms with van der Waals surface area (Å²) in [5.41, 5.74) is -0.488. The van der Waals surface area contributed by atoms with E-state index in [2.05, 4.69) is 10.1 Å². The number of rotatable bonds is 2. The molecule has 0 spiro atoms. The van der Waals surface area contributed by atoms with Gasteiger partial charge in [-0.05, 0) is 33.1 Å². The molecule has 1 fully saturated rings. The topological polar surface area (TPSA) is 67.9 Å². The lowest BCUT2D eigenvalue weighted by Crippen LogP contribution is -2.36. The van der Waals surface area contributed by atoms with Crippen molar-refractivity contribution >= 4 is 12.2 Å². The molecule has 0 aromatic heterocycles. The first kappa shape index (κ1) is 14.6. The number of amides is 2. The SMILES string of the molecule is COC(=O)N1CC[C@@H](CNC(=O)OC(C)(C)C)C1. The van der Waals surface area contributed by atoms with E-state index in [9.17, 15) is 9.59 Å². The van der Waals surface area contributed by atoms with Crippen LogP contribution in [0.4, 0.5) is 9.59 Å². The van der Waals surface area contributed by atoms with E-state index in [1.54, 1.807) is 4.90 Å². The Morgan fingerprint density at radius 3 is 2.61 bits per heavy atom. The number of hydrogen-bond acceptors (Lipinski definition) is 4. The number of alkyl carbamates (subject to hydrolysis) is 1. The highest BCUT2D eigenvalue weighted by atomic mass is 16.6. The molecule has 6 heteroatoms. The maximum absolute atomic E-state index is 11.4. The van der Waals surface area contributed by atoms with Crippen LogP contribution in [0, 0.1) is 5.92 Å². The standard InChI is InChI=1S/C12H22N2O4/c1-12(2,3)18-10(15)13-7-9-5-6-14(8-9)11(16)17-4/h9H,5-8H2,1-4H3,(H,13,15)/t9-/m0/s1. The average molecular weight is 258 g/mol. The first-order valence-corrected chi connectivity index (χ1v) is 6.11. The molecule has 0 aromatic carbocycles. The maximum Gasteiger partial charge on any atom is 0.409 e. The van der Waals surface area contributed by atoms with E-state index in [4.69, 9.17) is 4.74 Å². The van der Waals surface area contributed by atoms with Crippen LogP contribution in [0.1, 0.15) is 27.2 Å². The molecule has 1 atom stereocenters. The van der Waals surface area contributed by atoms with Crippen molar-refractivity contribution in [3.8, 4) is 0 Å². The third-order valence-corrected chi connectivity index (χ3v) is 2.65. The number of likely N-dealkylation sites (tertiary alicyclic amines) is 1. The van der Waals surface area contributed by atoms with Crippen molar-refractivity contribution in [2.75, 3.05) is 26.7 Å². The number of nitrogens with one attached hydrogen (secondary N) is 1. The van der Waals surface area contributed by atoms with Gasteiger partial charge in [-0.1, -0.05) is 0 Å². The van der Waals surface area contributed by atoms with Gasteiger partial charge in [0.15, 0.2) is 0 Å². The fourth-order valence-corrected chi connectivity index (χ4v) is 1.84. The molecule has 1 heterocycles. The monoisotopic (exact) mass is 258 g/mol. The fraction of sp³-hybridized carbons (Fsp3) is 0.833. The van der Waals surface area contributed by atoms with Crippen LogP contribution in [-0.4, -0.2) is 49.4 Å². The summed E-state index contributed by atoms with van der Waals surface area (Å²) in [6, 6.07) is 0. The minimum absolute atomic E-state index is 0.261. The molecule has 2 amide bonds. The van der Waals surface area contributed by atoms with E-state index in [1.807, 2.05) is 20.8 Å². The summed E-state index contributed by atoms with van der Waals surface area (Å²) in [4.78, 5) is 24.4. The lowest BCUT2D eigenvalue weighted by atomic mass is 10.1. The summed E-state index contributed by atoms with van der Waals surface area (Å²) in [6.45, 7) is 7.27. The van der Waals surface area contributed by atoms with Gasteiger partial charge in [0.2, 0.25) is 0 Å². The van der Waals surface area contributed by atoms with Crippen LogP contribution < -0.4 is 5.32 Å². The summed E-state index contributed by atoms with van der Waals surface area (Å²) >= 11 is 0. The number of ether oxygens (including phenoxy) is 2. The summed E-state index contributed by atoms with van der Waals surface area (Å²) < 4.78 is 9.79. The Labute approximate surface area is 108 Å². The molecule has 6 nitrogen and oxygen atoms in total. The molecule has 0 unspecified atom stereocenters. The van der Waals surface area contributed by atoms with Crippen LogP contribution in [0.15, 0.2) is 0 Å². The second-order valence-electron chi connectivity index (χ2n) is 5.45. The molecule has 104 valence electrons. The number of carbonyl (C=O) groups is 2. The summed E-state index contributed by atoms with van der Waals surface area (Å²) in [6.07, 6.45) is 0.138. The van der Waals surface area contributed by atoms with Crippen molar-refractivity contribution in [1.29, 1.82) is 0 Å². The van der Waals surface area contributed by atoms with Crippen molar-refractivity contribution in [3.63, 3.8) is 0 Å². The summed E-state index contributed by atoms with van der Waals surface area (Å²) in [7, 11) is 1.37. The van der Waals surface area contributed by atoms with E-state index >= 15 is 0 Å². The molecule has 18 heavy (non-hydrogen) atoms. The first-order valence-electron chi connectivity index (χ1n) is 6.11. The summed E-state index contributed by atoms with van der Waals surface area (Å²) in [5.74, 6) is 0.261. The zero-order valence-corrected chi connectivity index (χ0v) is 11.5. The van der Waals surface area contributed by atoms with E-state index in [0.29, 0.717) is 19.6 Å². The Hall–Kier alpha value is -1.46. The van der Waals surface area contributed by atoms with Gasteiger partial charge in [0.1, 0.15) is 5.60 Å². The maximum atomic E-state index is 11.4. The molecular formula is C12H22N2O4. The highest BCUT2D eigenvalue weighted by molar-refractivity contribution is 5.68. The van der Waals surface area contributed by atoms with Gasteiger partial charge in [0, 0.05) is 19.6 Å². The van der Waals surface area contributed by atoms with E-state index in [1.165, 1.54) is 7.11 Å². The highest BCUT2D eigenvalue weighted by Crippen LogP contribution is 2.16. The van der Waals surface area contributed by atoms with Gasteiger partial charge in [-0.2, -0.15) is 0 Å². The second kappa shape index (κ2) is 5.93. The molecule has 0 bridgehead atoms. The predicted molar refractivity (Wildman–Crippen MR) is 66.3 cm³/mol. The lowest BCUT2D eigenvalue weighted by Gasteiger charge is -2.20. The summed E-state index contributed by atoms with van der Waals surface area (Å²) in [5, 5.41) is 2.72. The minimum atomic E-state index is -0.488. The van der Waals surface area contributed by atoms with Gasteiger partial charge in [-0.3, -0.25) is 0 Å². The van der Waals surface area contributed by atoms with Crippen LogP contribution in [0.2, 0.25) is 0 Å². The lowest BCUT2D eigenvalue weighted by molar-refractivity contribution is 0.0520.